The molecule has 10 heteroatoms. The minimum atomic E-state index is -1.05. The fourth-order valence-electron chi connectivity index (χ4n) is 7.20. The molecule has 3 aromatic rings. The Morgan fingerprint density at radius 3 is 2.66 bits per heavy atom. The lowest BCUT2D eigenvalue weighted by atomic mass is 9.79. The summed E-state index contributed by atoms with van der Waals surface area (Å²) >= 11 is 0. The fraction of sp³-hybridized carbons (Fsp3) is 0.405. The van der Waals surface area contributed by atoms with Gasteiger partial charge in [-0.25, -0.2) is 4.79 Å². The van der Waals surface area contributed by atoms with Gasteiger partial charge in [0.05, 0.1) is 5.82 Å². The second-order valence-corrected chi connectivity index (χ2v) is 13.1. The van der Waals surface area contributed by atoms with Crippen LogP contribution in [0.25, 0.3) is 11.0 Å². The molecule has 6 rings (SSSR count). The van der Waals surface area contributed by atoms with Gasteiger partial charge in [0.1, 0.15) is 52.3 Å². The third kappa shape index (κ3) is 6.22. The number of hydrogen-bond donors (Lipinski definition) is 5. The average molecular weight is 643 g/mol. The van der Waals surface area contributed by atoms with Gasteiger partial charge in [0.25, 0.3) is 0 Å². The van der Waals surface area contributed by atoms with E-state index in [9.17, 15) is 24.9 Å². The van der Waals surface area contributed by atoms with Crippen LogP contribution < -0.4 is 21.2 Å². The molecule has 0 spiro atoms. The topological polar surface area (TPSA) is 164 Å². The van der Waals surface area contributed by atoms with Crippen LogP contribution in [0, 0.1) is 5.92 Å². The molecule has 0 bridgehead atoms. The predicted octanol–water partition coefficient (Wildman–Crippen LogP) is 5.11. The van der Waals surface area contributed by atoms with E-state index in [-0.39, 0.29) is 40.6 Å². The number of benzene rings is 2. The molecule has 1 aliphatic carbocycles. The number of aromatic hydroxyl groups is 2. The maximum absolute atomic E-state index is 13.6. The number of phenolic OH excluding ortho intramolecular Hbond substituents is 2. The van der Waals surface area contributed by atoms with Gasteiger partial charge in [-0.3, -0.25) is 4.79 Å². The second kappa shape index (κ2) is 12.8. The fourth-order valence-corrected chi connectivity index (χ4v) is 7.20. The molecule has 2 aliphatic heterocycles. The van der Waals surface area contributed by atoms with Crippen LogP contribution >= 0.6 is 0 Å². The smallest absolute Gasteiger partial charge is 0.334 e. The number of phenols is 2. The van der Waals surface area contributed by atoms with E-state index in [1.165, 1.54) is 0 Å². The largest absolute Gasteiger partial charge is 0.508 e. The molecule has 2 aromatic carbocycles. The van der Waals surface area contributed by atoms with Crippen molar-refractivity contribution >= 4 is 16.9 Å². The van der Waals surface area contributed by atoms with E-state index >= 15 is 0 Å². The number of carbonyl (C=O) groups is 1. The zero-order valence-corrected chi connectivity index (χ0v) is 27.0. The number of hydrogen-bond acceptors (Lipinski definition) is 10. The number of fused-ring (bicyclic) bond motifs is 2. The van der Waals surface area contributed by atoms with Crippen molar-refractivity contribution < 1.29 is 34.0 Å². The highest BCUT2D eigenvalue weighted by Crippen LogP contribution is 2.51. The van der Waals surface area contributed by atoms with Crippen LogP contribution in [0.5, 0.6) is 17.2 Å². The lowest BCUT2D eigenvalue weighted by molar-refractivity contribution is -0.157. The van der Waals surface area contributed by atoms with Gasteiger partial charge < -0.3 is 40.3 Å². The van der Waals surface area contributed by atoms with Gasteiger partial charge in [-0.15, -0.1) is 0 Å². The minimum Gasteiger partial charge on any atom is -0.508 e. The predicted molar refractivity (Wildman–Crippen MR) is 177 cm³/mol. The molecule has 0 saturated heterocycles. The molecule has 248 valence electrons. The number of nitrogens with two attached hydrogens (primary N) is 1. The number of carbonyl (C=O) groups excluding carboxylic acids is 1. The first-order valence-electron chi connectivity index (χ1n) is 16.2. The van der Waals surface area contributed by atoms with Crippen molar-refractivity contribution in [3.05, 3.63) is 98.2 Å². The van der Waals surface area contributed by atoms with E-state index in [1.807, 2.05) is 39.0 Å². The van der Waals surface area contributed by atoms with E-state index in [4.69, 9.17) is 19.6 Å². The van der Waals surface area contributed by atoms with Crippen molar-refractivity contribution in [1.82, 2.24) is 5.32 Å². The van der Waals surface area contributed by atoms with Gasteiger partial charge in [0.15, 0.2) is 5.43 Å². The van der Waals surface area contributed by atoms with Crippen molar-refractivity contribution in [2.45, 2.75) is 83.5 Å². The molecule has 3 heterocycles. The van der Waals surface area contributed by atoms with Crippen molar-refractivity contribution in [2.75, 3.05) is 6.54 Å². The van der Waals surface area contributed by atoms with Gasteiger partial charge in [0.2, 0.25) is 0 Å². The molecule has 10 nitrogen and oxygen atoms in total. The lowest BCUT2D eigenvalue weighted by Gasteiger charge is -2.41. The lowest BCUT2D eigenvalue weighted by Crippen LogP contribution is -2.49. The Labute approximate surface area is 273 Å². The third-order valence-electron chi connectivity index (χ3n) is 9.63. The molecule has 1 aromatic heterocycles. The number of aliphatic hydroxyl groups excluding tert-OH is 1. The quantitative estimate of drug-likeness (QED) is 0.165. The third-order valence-corrected chi connectivity index (χ3v) is 9.63. The van der Waals surface area contributed by atoms with E-state index in [1.54, 1.807) is 24.3 Å². The van der Waals surface area contributed by atoms with Gasteiger partial charge >= 0.3 is 5.97 Å². The summed E-state index contributed by atoms with van der Waals surface area (Å²) in [6.07, 6.45) is 9.28. The summed E-state index contributed by atoms with van der Waals surface area (Å²) in [6.45, 7) is 5.43. The van der Waals surface area contributed by atoms with Gasteiger partial charge in [0, 0.05) is 41.6 Å². The molecule has 1 saturated carbocycles. The molecule has 3 aliphatic rings. The maximum Gasteiger partial charge on any atom is 0.334 e. The standard InChI is InChI=1S/C37H42N2O8/c1-4-25(21-9-5-6-10-21)36(44)46-29-18-27-33(43)32-28(42)17-24(19-40)45-35(32)31(34(27)47-37(29,2)3)26(22-12-13-39-30(38)16-22)15-20-8-7-11-23(41)14-20/h4,7-8,11-12,14,16-17,21,26,29,39-41,43H,5-6,9-10,13,15,18-19,38H2,1-3H3/b25-4-/t26-,29-/m1/s1. The first-order chi connectivity index (χ1) is 22.5. The Morgan fingerprint density at radius 1 is 1.21 bits per heavy atom. The molecular formula is C37H42N2O8. The summed E-state index contributed by atoms with van der Waals surface area (Å²) in [5.41, 5.74) is 7.79. The summed E-state index contributed by atoms with van der Waals surface area (Å²) in [5, 5.41) is 35.1. The normalized spacial score (nSPS) is 20.1. The van der Waals surface area contributed by atoms with Gasteiger partial charge in [-0.1, -0.05) is 37.1 Å². The van der Waals surface area contributed by atoms with Crippen molar-refractivity contribution in [3.63, 3.8) is 0 Å². The number of nitrogens with one attached hydrogen (secondary N) is 1. The zero-order chi connectivity index (χ0) is 33.5. The van der Waals surface area contributed by atoms with Crippen molar-refractivity contribution in [1.29, 1.82) is 0 Å². The van der Waals surface area contributed by atoms with Crippen molar-refractivity contribution in [2.24, 2.45) is 11.7 Å². The monoisotopic (exact) mass is 642 g/mol. The van der Waals surface area contributed by atoms with Crippen LogP contribution in [0.2, 0.25) is 0 Å². The first-order valence-corrected chi connectivity index (χ1v) is 16.2. The van der Waals surface area contributed by atoms with Crippen molar-refractivity contribution in [3.8, 4) is 17.2 Å². The summed E-state index contributed by atoms with van der Waals surface area (Å²) < 4.78 is 19.1. The number of aliphatic hydroxyl groups is 1. The summed E-state index contributed by atoms with van der Waals surface area (Å²) in [4.78, 5) is 27.1. The Bertz CT molecular complexity index is 1860. The van der Waals surface area contributed by atoms with Crippen LogP contribution in [0.3, 0.4) is 0 Å². The van der Waals surface area contributed by atoms with Crippen LogP contribution in [-0.4, -0.2) is 39.5 Å². The maximum atomic E-state index is 13.6. The van der Waals surface area contributed by atoms with Crippen LogP contribution in [0.1, 0.15) is 74.8 Å². The minimum absolute atomic E-state index is 0.0289. The van der Waals surface area contributed by atoms with Gasteiger partial charge in [-0.2, -0.15) is 0 Å². The molecule has 0 unspecified atom stereocenters. The van der Waals surface area contributed by atoms with Crippen LogP contribution in [-0.2, 0) is 29.0 Å². The molecule has 2 atom stereocenters. The average Bonchev–Trinajstić information content (AvgIpc) is 3.56. The van der Waals surface area contributed by atoms with Gasteiger partial charge in [-0.05, 0) is 75.3 Å². The number of dihydropyridines is 1. The molecule has 6 N–H and O–H groups in total. The summed E-state index contributed by atoms with van der Waals surface area (Å²) in [5.74, 6) is -0.210. The van der Waals surface area contributed by atoms with Crippen LogP contribution in [0.15, 0.2) is 74.7 Å². The summed E-state index contributed by atoms with van der Waals surface area (Å²) in [7, 11) is 0. The molecule has 1 fully saturated rings. The Balaban J connectivity index is 1.54. The molecule has 0 amide bonds. The number of allylic oxidation sites excluding steroid dienone is 3. The number of esters is 1. The Morgan fingerprint density at radius 2 is 1.98 bits per heavy atom. The molecule has 0 radical (unpaired) electrons. The highest BCUT2D eigenvalue weighted by molar-refractivity contribution is 5.92. The molecular weight excluding hydrogens is 600 g/mol. The highest BCUT2D eigenvalue weighted by Gasteiger charge is 2.45. The highest BCUT2D eigenvalue weighted by atomic mass is 16.6. The van der Waals surface area contributed by atoms with Crippen LogP contribution in [0.4, 0.5) is 0 Å². The Kier molecular flexibility index (Phi) is 8.80. The number of ether oxygens (including phenoxy) is 2. The Hall–Kier alpha value is -4.70. The number of rotatable bonds is 8. The first kappa shape index (κ1) is 32.2. The van der Waals surface area contributed by atoms with E-state index in [0.29, 0.717) is 41.2 Å². The second-order valence-electron chi connectivity index (χ2n) is 13.1. The van der Waals surface area contributed by atoms with E-state index in [2.05, 4.69) is 5.32 Å². The van der Waals surface area contributed by atoms with E-state index < -0.39 is 35.6 Å². The zero-order valence-electron chi connectivity index (χ0n) is 27.0. The summed E-state index contributed by atoms with van der Waals surface area (Å²) in [6, 6.07) is 8.05. The molecule has 47 heavy (non-hydrogen) atoms. The van der Waals surface area contributed by atoms with E-state index in [0.717, 1.165) is 42.9 Å². The SMILES string of the molecule is C/C=C(\C(=O)O[C@@H]1Cc2c(c([C@H](Cc3cccc(O)c3)C3=CCNC(N)=C3)c3oc(CO)cc(=O)c3c2O)OC1(C)C)C1CCCC1.